The predicted molar refractivity (Wildman–Crippen MR) is 45.3 cm³/mol. The van der Waals surface area contributed by atoms with Crippen LogP contribution in [-0.4, -0.2) is 37.4 Å². The highest BCUT2D eigenvalue weighted by atomic mass is 16.5. The minimum absolute atomic E-state index is 0.106. The van der Waals surface area contributed by atoms with Crippen molar-refractivity contribution in [2.75, 3.05) is 7.11 Å². The van der Waals surface area contributed by atoms with Gasteiger partial charge in [-0.25, -0.2) is 4.79 Å². The van der Waals surface area contributed by atoms with Crippen molar-refractivity contribution in [2.24, 2.45) is 10.9 Å². The van der Waals surface area contributed by atoms with Crippen molar-refractivity contribution in [2.45, 2.75) is 31.1 Å². The Hall–Kier alpha value is -1.19. The molecule has 2 fully saturated rings. The van der Waals surface area contributed by atoms with E-state index in [1.165, 1.54) is 13.2 Å². The Kier molecular flexibility index (Phi) is 2.35. The molecule has 0 unspecified atom stereocenters. The maximum absolute atomic E-state index is 11.4. The van der Waals surface area contributed by atoms with Crippen LogP contribution in [0.4, 0.5) is 0 Å². The Balaban J connectivity index is 2.21. The number of esters is 1. The van der Waals surface area contributed by atoms with Gasteiger partial charge in [-0.15, -0.1) is 0 Å². The molecule has 2 saturated heterocycles. The summed E-state index contributed by atoms with van der Waals surface area (Å²) in [6, 6.07) is -0.390. The summed E-state index contributed by atoms with van der Waals surface area (Å²) in [5.41, 5.74) is 0. The molecule has 2 rings (SSSR count). The Labute approximate surface area is 81.1 Å². The molecule has 4 atom stereocenters. The summed E-state index contributed by atoms with van der Waals surface area (Å²) in [7, 11) is 1.33. The minimum atomic E-state index is -0.416. The van der Waals surface area contributed by atoms with Crippen molar-refractivity contribution >= 4 is 12.0 Å². The standard InChI is InChI=1S/C9H11NO4/c1-13-9(12)7-5-2-3-6(14-5)8(7)10-4-11/h5-8H,2-3H2,1H3/t5-,6+,7+,8-/m0/s1. The molecule has 0 aromatic heterocycles. The van der Waals surface area contributed by atoms with E-state index in [4.69, 9.17) is 4.74 Å². The lowest BCUT2D eigenvalue weighted by Crippen LogP contribution is -2.37. The fourth-order valence-electron chi connectivity index (χ4n) is 2.31. The molecule has 0 radical (unpaired) electrons. The lowest BCUT2D eigenvalue weighted by molar-refractivity contribution is -0.147. The highest BCUT2D eigenvalue weighted by Crippen LogP contribution is 2.41. The quantitative estimate of drug-likeness (QED) is 0.356. The summed E-state index contributed by atoms with van der Waals surface area (Å²) in [5.74, 6) is -0.763. The molecule has 76 valence electrons. The summed E-state index contributed by atoms with van der Waals surface area (Å²) >= 11 is 0. The van der Waals surface area contributed by atoms with Crippen LogP contribution in [0.1, 0.15) is 12.8 Å². The van der Waals surface area contributed by atoms with Gasteiger partial charge in [0.15, 0.2) is 0 Å². The number of isocyanates is 1. The summed E-state index contributed by atoms with van der Waals surface area (Å²) in [5, 5.41) is 0. The van der Waals surface area contributed by atoms with E-state index in [0.717, 1.165) is 12.8 Å². The fourth-order valence-corrected chi connectivity index (χ4v) is 2.31. The van der Waals surface area contributed by atoms with Crippen LogP contribution in [0.15, 0.2) is 4.99 Å². The van der Waals surface area contributed by atoms with Crippen LogP contribution in [0.3, 0.4) is 0 Å². The van der Waals surface area contributed by atoms with Crippen molar-refractivity contribution < 1.29 is 19.1 Å². The molecule has 0 saturated carbocycles. The Morgan fingerprint density at radius 3 is 2.86 bits per heavy atom. The Morgan fingerprint density at radius 2 is 2.21 bits per heavy atom. The van der Waals surface area contributed by atoms with E-state index in [-0.39, 0.29) is 18.2 Å². The zero-order valence-corrected chi connectivity index (χ0v) is 7.80. The molecule has 2 bridgehead atoms. The van der Waals surface area contributed by atoms with Gasteiger partial charge in [-0.2, -0.15) is 4.99 Å². The predicted octanol–water partition coefficient (Wildman–Crippen LogP) is 0.0412. The average Bonchev–Trinajstić information content (AvgIpc) is 2.77. The number of carbonyl (C=O) groups excluding carboxylic acids is 2. The van der Waals surface area contributed by atoms with Crippen LogP contribution >= 0.6 is 0 Å². The molecule has 14 heavy (non-hydrogen) atoms. The molecule has 0 aromatic carbocycles. The van der Waals surface area contributed by atoms with E-state index >= 15 is 0 Å². The largest absolute Gasteiger partial charge is 0.469 e. The lowest BCUT2D eigenvalue weighted by Gasteiger charge is -2.20. The van der Waals surface area contributed by atoms with E-state index in [1.54, 1.807) is 0 Å². The molecule has 0 aliphatic carbocycles. The van der Waals surface area contributed by atoms with Gasteiger partial charge in [0.1, 0.15) is 12.0 Å². The van der Waals surface area contributed by atoms with Gasteiger partial charge < -0.3 is 9.47 Å². The second-order valence-electron chi connectivity index (χ2n) is 3.55. The number of hydrogen-bond donors (Lipinski definition) is 0. The van der Waals surface area contributed by atoms with E-state index in [2.05, 4.69) is 9.73 Å². The summed E-state index contributed by atoms with van der Waals surface area (Å²) in [6.45, 7) is 0. The first-order valence-electron chi connectivity index (χ1n) is 4.58. The molecular weight excluding hydrogens is 186 g/mol. The van der Waals surface area contributed by atoms with Crippen LogP contribution in [0.2, 0.25) is 0 Å². The topological polar surface area (TPSA) is 65.0 Å². The van der Waals surface area contributed by atoms with E-state index in [0.29, 0.717) is 0 Å². The van der Waals surface area contributed by atoms with Gasteiger partial charge in [-0.05, 0) is 12.8 Å². The third-order valence-corrected chi connectivity index (χ3v) is 2.91. The number of aliphatic imine (C=N–C) groups is 1. The third-order valence-electron chi connectivity index (χ3n) is 2.91. The normalized spacial score (nSPS) is 39.2. The molecular formula is C9H11NO4. The highest BCUT2D eigenvalue weighted by molar-refractivity contribution is 5.75. The second-order valence-corrected chi connectivity index (χ2v) is 3.55. The third kappa shape index (κ3) is 1.25. The molecule has 5 heteroatoms. The molecule has 0 aromatic rings. The van der Waals surface area contributed by atoms with Crippen LogP contribution < -0.4 is 0 Å². The van der Waals surface area contributed by atoms with Gasteiger partial charge in [0.05, 0.1) is 19.3 Å². The van der Waals surface area contributed by atoms with E-state index < -0.39 is 12.0 Å². The monoisotopic (exact) mass is 197 g/mol. The van der Waals surface area contributed by atoms with Gasteiger partial charge in [-0.1, -0.05) is 0 Å². The van der Waals surface area contributed by atoms with Gasteiger partial charge in [0.25, 0.3) is 0 Å². The second kappa shape index (κ2) is 3.52. The summed E-state index contributed by atoms with van der Waals surface area (Å²) < 4.78 is 10.2. The molecule has 0 amide bonds. The van der Waals surface area contributed by atoms with E-state index in [9.17, 15) is 9.59 Å². The number of carbonyl (C=O) groups is 1. The number of hydrogen-bond acceptors (Lipinski definition) is 5. The molecule has 2 heterocycles. The van der Waals surface area contributed by atoms with Gasteiger partial charge >= 0.3 is 5.97 Å². The summed E-state index contributed by atoms with van der Waals surface area (Å²) in [4.78, 5) is 25.2. The highest BCUT2D eigenvalue weighted by Gasteiger charge is 2.53. The number of nitrogens with zero attached hydrogens (tertiary/aromatic N) is 1. The number of methoxy groups -OCH3 is 1. The van der Waals surface area contributed by atoms with Crippen molar-refractivity contribution in [3.8, 4) is 0 Å². The molecule has 0 spiro atoms. The lowest BCUT2D eigenvalue weighted by atomic mass is 9.85. The average molecular weight is 197 g/mol. The maximum atomic E-state index is 11.4. The summed E-state index contributed by atoms with van der Waals surface area (Å²) in [6.07, 6.45) is 2.95. The van der Waals surface area contributed by atoms with Crippen molar-refractivity contribution in [3.05, 3.63) is 0 Å². The maximum Gasteiger partial charge on any atom is 0.313 e. The molecule has 2 aliphatic rings. The first-order chi connectivity index (χ1) is 6.77. The van der Waals surface area contributed by atoms with Crippen molar-refractivity contribution in [3.63, 3.8) is 0 Å². The number of fused-ring (bicyclic) bond motifs is 2. The zero-order valence-electron chi connectivity index (χ0n) is 7.80. The first-order valence-corrected chi connectivity index (χ1v) is 4.58. The smallest absolute Gasteiger partial charge is 0.313 e. The van der Waals surface area contributed by atoms with Crippen molar-refractivity contribution in [1.82, 2.24) is 0 Å². The minimum Gasteiger partial charge on any atom is -0.469 e. The van der Waals surface area contributed by atoms with Crippen LogP contribution in [0.25, 0.3) is 0 Å². The van der Waals surface area contributed by atoms with Crippen LogP contribution in [0, 0.1) is 5.92 Å². The van der Waals surface area contributed by atoms with Gasteiger partial charge in [0.2, 0.25) is 6.08 Å². The fraction of sp³-hybridized carbons (Fsp3) is 0.778. The molecule has 0 N–H and O–H groups in total. The van der Waals surface area contributed by atoms with Crippen LogP contribution in [-0.2, 0) is 19.1 Å². The Morgan fingerprint density at radius 1 is 1.50 bits per heavy atom. The number of rotatable bonds is 2. The molecule has 2 aliphatic heterocycles. The first kappa shape index (κ1) is 9.37. The molecule has 5 nitrogen and oxygen atoms in total. The van der Waals surface area contributed by atoms with Crippen molar-refractivity contribution in [1.29, 1.82) is 0 Å². The SMILES string of the molecule is COC(=O)[C@H]1[C@@H](N=C=O)[C@H]2CC[C@@H]1O2. The van der Waals surface area contributed by atoms with Gasteiger partial charge in [0, 0.05) is 0 Å². The van der Waals surface area contributed by atoms with E-state index in [1.807, 2.05) is 0 Å². The zero-order chi connectivity index (χ0) is 10.1. The Bertz CT molecular complexity index is 297. The van der Waals surface area contributed by atoms with Gasteiger partial charge in [-0.3, -0.25) is 4.79 Å². The van der Waals surface area contributed by atoms with Crippen LogP contribution in [0.5, 0.6) is 0 Å². The number of ether oxygens (including phenoxy) is 2.